The van der Waals surface area contributed by atoms with E-state index >= 15 is 0 Å². The molecule has 0 saturated heterocycles. The molecule has 4 heteroatoms. The molecule has 0 saturated carbocycles. The van der Waals surface area contributed by atoms with Crippen LogP contribution in [0.1, 0.15) is 18.1 Å². The number of nitrogens with one attached hydrogen (secondary N) is 1. The summed E-state index contributed by atoms with van der Waals surface area (Å²) in [6.07, 6.45) is -1.26. The van der Waals surface area contributed by atoms with Crippen LogP contribution in [0, 0.1) is 0 Å². The van der Waals surface area contributed by atoms with Crippen LogP contribution in [0.5, 0.6) is 0 Å². The second kappa shape index (κ2) is 5.70. The second-order valence-electron chi connectivity index (χ2n) is 3.46. The van der Waals surface area contributed by atoms with Crippen molar-refractivity contribution in [3.05, 3.63) is 29.8 Å². The number of benzene rings is 1. The van der Waals surface area contributed by atoms with Crippen molar-refractivity contribution in [1.29, 1.82) is 0 Å². The van der Waals surface area contributed by atoms with Gasteiger partial charge in [-0.05, 0) is 30.7 Å². The van der Waals surface area contributed by atoms with Crippen LogP contribution < -0.4 is 11.1 Å². The Morgan fingerprint density at radius 2 is 1.87 bits per heavy atom. The Balaban J connectivity index is 2.69. The van der Waals surface area contributed by atoms with Gasteiger partial charge in [0.05, 0.1) is 6.10 Å². The largest absolute Gasteiger partial charge is 0.390 e. The van der Waals surface area contributed by atoms with Crippen LogP contribution in [0.4, 0.5) is 5.69 Å². The van der Waals surface area contributed by atoms with Gasteiger partial charge in [-0.2, -0.15) is 0 Å². The monoisotopic (exact) mass is 210 g/mol. The molecule has 0 aromatic heterocycles. The number of aliphatic hydroxyl groups is 2. The van der Waals surface area contributed by atoms with Gasteiger partial charge in [0.1, 0.15) is 6.10 Å². The Labute approximate surface area is 89.7 Å². The molecule has 0 amide bonds. The molecule has 1 rings (SSSR count). The molecule has 4 nitrogen and oxygen atoms in total. The normalized spacial score (nSPS) is 14.7. The fourth-order valence-corrected chi connectivity index (χ4v) is 1.40. The number of anilines is 1. The molecular weight excluding hydrogens is 192 g/mol. The number of hydrogen-bond donors (Lipinski definition) is 4. The standard InChI is InChI=1S/C11H18N2O2/c1-13-9-4-2-8(3-5-9)11(15)10(14)6-7-12/h2-5,10-11,13-15H,6-7,12H2,1H3. The fraction of sp³-hybridized carbons (Fsp3) is 0.455. The van der Waals surface area contributed by atoms with Gasteiger partial charge in [-0.1, -0.05) is 12.1 Å². The van der Waals surface area contributed by atoms with E-state index in [0.29, 0.717) is 18.5 Å². The van der Waals surface area contributed by atoms with E-state index in [9.17, 15) is 10.2 Å². The van der Waals surface area contributed by atoms with Gasteiger partial charge in [0.25, 0.3) is 0 Å². The molecule has 0 aliphatic rings. The van der Waals surface area contributed by atoms with Crippen LogP contribution in [-0.2, 0) is 0 Å². The molecule has 1 aromatic carbocycles. The molecule has 0 heterocycles. The highest BCUT2D eigenvalue weighted by atomic mass is 16.3. The van der Waals surface area contributed by atoms with Crippen LogP contribution in [0.3, 0.4) is 0 Å². The Morgan fingerprint density at radius 3 is 2.33 bits per heavy atom. The van der Waals surface area contributed by atoms with Gasteiger partial charge in [-0.25, -0.2) is 0 Å². The number of hydrogen-bond acceptors (Lipinski definition) is 4. The van der Waals surface area contributed by atoms with Crippen molar-refractivity contribution < 1.29 is 10.2 Å². The summed E-state index contributed by atoms with van der Waals surface area (Å²) in [7, 11) is 1.83. The molecule has 2 unspecified atom stereocenters. The highest BCUT2D eigenvalue weighted by Gasteiger charge is 2.16. The van der Waals surface area contributed by atoms with Crippen LogP contribution in [0.2, 0.25) is 0 Å². The van der Waals surface area contributed by atoms with Crippen LogP contribution >= 0.6 is 0 Å². The van der Waals surface area contributed by atoms with Crippen molar-refractivity contribution in [2.45, 2.75) is 18.6 Å². The zero-order chi connectivity index (χ0) is 11.3. The van der Waals surface area contributed by atoms with Crippen LogP contribution in [-0.4, -0.2) is 29.9 Å². The molecule has 15 heavy (non-hydrogen) atoms. The first-order chi connectivity index (χ1) is 7.19. The third-order valence-corrected chi connectivity index (χ3v) is 2.37. The van der Waals surface area contributed by atoms with Crippen LogP contribution in [0.25, 0.3) is 0 Å². The smallest absolute Gasteiger partial charge is 0.105 e. The topological polar surface area (TPSA) is 78.5 Å². The minimum absolute atomic E-state index is 0.368. The maximum Gasteiger partial charge on any atom is 0.105 e. The summed E-state index contributed by atoms with van der Waals surface area (Å²) >= 11 is 0. The van der Waals surface area contributed by atoms with Crippen molar-refractivity contribution in [3.8, 4) is 0 Å². The molecule has 5 N–H and O–H groups in total. The quantitative estimate of drug-likeness (QED) is 0.569. The zero-order valence-electron chi connectivity index (χ0n) is 8.85. The van der Waals surface area contributed by atoms with Gasteiger partial charge < -0.3 is 21.3 Å². The maximum absolute atomic E-state index is 9.76. The van der Waals surface area contributed by atoms with E-state index < -0.39 is 12.2 Å². The van der Waals surface area contributed by atoms with Gasteiger partial charge in [0, 0.05) is 12.7 Å². The highest BCUT2D eigenvalue weighted by Crippen LogP contribution is 2.20. The average molecular weight is 210 g/mol. The molecule has 0 bridgehead atoms. The summed E-state index contributed by atoms with van der Waals surface area (Å²) < 4.78 is 0. The molecule has 0 aliphatic heterocycles. The molecule has 1 aromatic rings. The minimum atomic E-state index is -0.862. The molecule has 0 spiro atoms. The van der Waals surface area contributed by atoms with E-state index in [1.54, 1.807) is 12.1 Å². The SMILES string of the molecule is CNc1ccc(C(O)C(O)CCN)cc1. The van der Waals surface area contributed by atoms with E-state index in [4.69, 9.17) is 5.73 Å². The van der Waals surface area contributed by atoms with Gasteiger partial charge in [-0.3, -0.25) is 0 Å². The maximum atomic E-state index is 9.76. The molecule has 84 valence electrons. The Morgan fingerprint density at radius 1 is 1.27 bits per heavy atom. The lowest BCUT2D eigenvalue weighted by Gasteiger charge is -2.17. The van der Waals surface area contributed by atoms with Crippen molar-refractivity contribution in [1.82, 2.24) is 0 Å². The lowest BCUT2D eigenvalue weighted by molar-refractivity contribution is 0.0150. The fourth-order valence-electron chi connectivity index (χ4n) is 1.40. The predicted molar refractivity (Wildman–Crippen MR) is 60.6 cm³/mol. The first-order valence-corrected chi connectivity index (χ1v) is 5.03. The summed E-state index contributed by atoms with van der Waals surface area (Å²) in [5.41, 5.74) is 6.99. The third-order valence-electron chi connectivity index (χ3n) is 2.37. The first kappa shape index (κ1) is 12.0. The molecule has 2 atom stereocenters. The van der Waals surface area contributed by atoms with E-state index in [2.05, 4.69) is 5.32 Å². The van der Waals surface area contributed by atoms with Crippen molar-refractivity contribution in [2.75, 3.05) is 18.9 Å². The predicted octanol–water partition coefficient (Wildman–Crippen LogP) is 0.471. The van der Waals surface area contributed by atoms with E-state index in [1.165, 1.54) is 0 Å². The summed E-state index contributed by atoms with van der Waals surface area (Å²) in [6.45, 7) is 0.368. The Bertz CT molecular complexity index is 287. The lowest BCUT2D eigenvalue weighted by atomic mass is 10.0. The van der Waals surface area contributed by atoms with Crippen molar-refractivity contribution in [2.24, 2.45) is 5.73 Å². The first-order valence-electron chi connectivity index (χ1n) is 5.03. The number of nitrogens with two attached hydrogens (primary N) is 1. The van der Waals surface area contributed by atoms with Gasteiger partial charge >= 0.3 is 0 Å². The van der Waals surface area contributed by atoms with E-state index in [0.717, 1.165) is 5.69 Å². The Hall–Kier alpha value is -1.10. The summed E-state index contributed by atoms with van der Waals surface area (Å²) in [6, 6.07) is 7.29. The van der Waals surface area contributed by atoms with Crippen molar-refractivity contribution in [3.63, 3.8) is 0 Å². The Kier molecular flexibility index (Phi) is 4.55. The molecular formula is C11H18N2O2. The van der Waals surface area contributed by atoms with Gasteiger partial charge in [0.2, 0.25) is 0 Å². The van der Waals surface area contributed by atoms with Gasteiger partial charge in [-0.15, -0.1) is 0 Å². The van der Waals surface area contributed by atoms with E-state index in [-0.39, 0.29) is 0 Å². The van der Waals surface area contributed by atoms with Crippen molar-refractivity contribution >= 4 is 5.69 Å². The van der Waals surface area contributed by atoms with Gasteiger partial charge in [0.15, 0.2) is 0 Å². The summed E-state index contributed by atoms with van der Waals surface area (Å²) in [5.74, 6) is 0. The minimum Gasteiger partial charge on any atom is -0.390 e. The highest BCUT2D eigenvalue weighted by molar-refractivity contribution is 5.44. The summed E-state index contributed by atoms with van der Waals surface area (Å²) in [4.78, 5) is 0. The average Bonchev–Trinajstić information content (AvgIpc) is 2.28. The van der Waals surface area contributed by atoms with E-state index in [1.807, 2.05) is 19.2 Å². The zero-order valence-corrected chi connectivity index (χ0v) is 8.85. The number of rotatable bonds is 5. The molecule has 0 aliphatic carbocycles. The third kappa shape index (κ3) is 3.20. The lowest BCUT2D eigenvalue weighted by Crippen LogP contribution is -2.21. The molecule has 0 radical (unpaired) electrons. The molecule has 0 fully saturated rings. The summed E-state index contributed by atoms with van der Waals surface area (Å²) in [5, 5.41) is 22.3. The van der Waals surface area contributed by atoms with Crippen LogP contribution in [0.15, 0.2) is 24.3 Å². The second-order valence-corrected chi connectivity index (χ2v) is 3.46. The number of aliphatic hydroxyl groups excluding tert-OH is 2.